The van der Waals surface area contributed by atoms with E-state index in [2.05, 4.69) is 31.2 Å². The molecule has 3 rings (SSSR count). The molecular formula is C18H20N6O. The SMILES string of the molecule is Cc1ncncc1C(=O)NCC1CCN(c2ccc(C#N)cn2)CC1. The van der Waals surface area contributed by atoms with Crippen molar-refractivity contribution in [1.29, 1.82) is 5.26 Å². The summed E-state index contributed by atoms with van der Waals surface area (Å²) >= 11 is 0. The number of aryl methyl sites for hydroxylation is 1. The van der Waals surface area contributed by atoms with E-state index in [0.717, 1.165) is 31.7 Å². The molecule has 128 valence electrons. The van der Waals surface area contributed by atoms with Crippen LogP contribution < -0.4 is 10.2 Å². The van der Waals surface area contributed by atoms with Crippen LogP contribution in [-0.2, 0) is 0 Å². The van der Waals surface area contributed by atoms with Gasteiger partial charge in [-0.3, -0.25) is 4.79 Å². The van der Waals surface area contributed by atoms with E-state index in [4.69, 9.17) is 5.26 Å². The number of hydrogen-bond acceptors (Lipinski definition) is 6. The van der Waals surface area contributed by atoms with Crippen molar-refractivity contribution in [2.24, 2.45) is 5.92 Å². The minimum atomic E-state index is -0.116. The molecule has 0 unspecified atom stereocenters. The maximum atomic E-state index is 12.2. The number of hydrogen-bond donors (Lipinski definition) is 1. The van der Waals surface area contributed by atoms with Crippen molar-refractivity contribution in [3.8, 4) is 6.07 Å². The average molecular weight is 336 g/mol. The second-order valence-electron chi connectivity index (χ2n) is 6.18. The van der Waals surface area contributed by atoms with Gasteiger partial charge in [-0.15, -0.1) is 0 Å². The van der Waals surface area contributed by atoms with Gasteiger partial charge in [0.25, 0.3) is 5.91 Å². The molecule has 1 fully saturated rings. The Morgan fingerprint density at radius 1 is 1.32 bits per heavy atom. The Morgan fingerprint density at radius 3 is 2.76 bits per heavy atom. The Labute approximate surface area is 146 Å². The number of carbonyl (C=O) groups excluding carboxylic acids is 1. The van der Waals surface area contributed by atoms with Crippen molar-refractivity contribution in [2.45, 2.75) is 19.8 Å². The Bertz CT molecular complexity index is 775. The topological polar surface area (TPSA) is 94.8 Å². The number of piperidine rings is 1. The first kappa shape index (κ1) is 16.8. The van der Waals surface area contributed by atoms with Crippen LogP contribution in [0.4, 0.5) is 5.82 Å². The molecular weight excluding hydrogens is 316 g/mol. The van der Waals surface area contributed by atoms with Crippen molar-refractivity contribution in [2.75, 3.05) is 24.5 Å². The summed E-state index contributed by atoms with van der Waals surface area (Å²) in [6, 6.07) is 5.76. The second kappa shape index (κ2) is 7.71. The van der Waals surface area contributed by atoms with Crippen LogP contribution in [0.15, 0.2) is 30.9 Å². The van der Waals surface area contributed by atoms with Crippen LogP contribution >= 0.6 is 0 Å². The molecule has 0 aromatic carbocycles. The normalized spacial score (nSPS) is 14.8. The quantitative estimate of drug-likeness (QED) is 0.913. The van der Waals surface area contributed by atoms with Crippen molar-refractivity contribution in [3.05, 3.63) is 47.7 Å². The lowest BCUT2D eigenvalue weighted by Crippen LogP contribution is -2.39. The van der Waals surface area contributed by atoms with Gasteiger partial charge in [-0.1, -0.05) is 0 Å². The molecule has 3 heterocycles. The molecule has 7 nitrogen and oxygen atoms in total. The fourth-order valence-electron chi connectivity index (χ4n) is 2.95. The summed E-state index contributed by atoms with van der Waals surface area (Å²) in [7, 11) is 0. The largest absolute Gasteiger partial charge is 0.357 e. The van der Waals surface area contributed by atoms with Crippen molar-refractivity contribution >= 4 is 11.7 Å². The fourth-order valence-corrected chi connectivity index (χ4v) is 2.95. The van der Waals surface area contributed by atoms with Crippen LogP contribution in [0.3, 0.4) is 0 Å². The molecule has 2 aromatic heterocycles. The van der Waals surface area contributed by atoms with Crippen molar-refractivity contribution in [3.63, 3.8) is 0 Å². The summed E-state index contributed by atoms with van der Waals surface area (Å²) in [6.45, 7) is 4.25. The monoisotopic (exact) mass is 336 g/mol. The van der Waals surface area contributed by atoms with Gasteiger partial charge >= 0.3 is 0 Å². The highest BCUT2D eigenvalue weighted by atomic mass is 16.1. The summed E-state index contributed by atoms with van der Waals surface area (Å²) in [6.07, 6.45) is 6.58. The maximum absolute atomic E-state index is 12.2. The molecule has 25 heavy (non-hydrogen) atoms. The first-order chi connectivity index (χ1) is 12.2. The van der Waals surface area contributed by atoms with Crippen LogP contribution in [0.2, 0.25) is 0 Å². The summed E-state index contributed by atoms with van der Waals surface area (Å²) in [5.74, 6) is 1.23. The highest BCUT2D eigenvalue weighted by molar-refractivity contribution is 5.94. The summed E-state index contributed by atoms with van der Waals surface area (Å²) in [4.78, 5) is 26.7. The van der Waals surface area contributed by atoms with Gasteiger partial charge in [0, 0.05) is 32.0 Å². The zero-order valence-corrected chi connectivity index (χ0v) is 14.1. The lowest BCUT2D eigenvalue weighted by atomic mass is 9.96. The molecule has 0 bridgehead atoms. The highest BCUT2D eigenvalue weighted by Crippen LogP contribution is 2.21. The van der Waals surface area contributed by atoms with Gasteiger partial charge in [-0.2, -0.15) is 5.26 Å². The van der Waals surface area contributed by atoms with Crippen LogP contribution in [0, 0.1) is 24.2 Å². The Balaban J connectivity index is 1.48. The van der Waals surface area contributed by atoms with E-state index in [1.165, 1.54) is 6.33 Å². The Kier molecular flexibility index (Phi) is 5.19. The number of pyridine rings is 1. The van der Waals surface area contributed by atoms with E-state index in [-0.39, 0.29) is 5.91 Å². The fraction of sp³-hybridized carbons (Fsp3) is 0.389. The van der Waals surface area contributed by atoms with Gasteiger partial charge in [0.15, 0.2) is 0 Å². The van der Waals surface area contributed by atoms with E-state index in [9.17, 15) is 4.79 Å². The first-order valence-corrected chi connectivity index (χ1v) is 8.33. The number of nitrogens with zero attached hydrogens (tertiary/aromatic N) is 5. The zero-order valence-electron chi connectivity index (χ0n) is 14.1. The molecule has 0 aliphatic carbocycles. The smallest absolute Gasteiger partial charge is 0.254 e. The molecule has 1 aliphatic rings. The molecule has 7 heteroatoms. The van der Waals surface area contributed by atoms with E-state index < -0.39 is 0 Å². The van der Waals surface area contributed by atoms with Gasteiger partial charge in [0.2, 0.25) is 0 Å². The summed E-state index contributed by atoms with van der Waals surface area (Å²) in [5.41, 5.74) is 1.79. The number of anilines is 1. The lowest BCUT2D eigenvalue weighted by molar-refractivity contribution is 0.0943. The molecule has 0 atom stereocenters. The summed E-state index contributed by atoms with van der Waals surface area (Å²) < 4.78 is 0. The van der Waals surface area contributed by atoms with Crippen LogP contribution in [0.25, 0.3) is 0 Å². The highest BCUT2D eigenvalue weighted by Gasteiger charge is 2.21. The average Bonchev–Trinajstić information content (AvgIpc) is 2.67. The van der Waals surface area contributed by atoms with Gasteiger partial charge < -0.3 is 10.2 Å². The number of nitrogens with one attached hydrogen (secondary N) is 1. The van der Waals surface area contributed by atoms with E-state index >= 15 is 0 Å². The lowest BCUT2D eigenvalue weighted by Gasteiger charge is -2.32. The van der Waals surface area contributed by atoms with Gasteiger partial charge in [0.05, 0.1) is 16.8 Å². The van der Waals surface area contributed by atoms with Crippen LogP contribution in [0.5, 0.6) is 0 Å². The van der Waals surface area contributed by atoms with E-state index in [1.54, 1.807) is 25.4 Å². The summed E-state index contributed by atoms with van der Waals surface area (Å²) in [5, 5.41) is 11.8. The number of aromatic nitrogens is 3. The Morgan fingerprint density at radius 2 is 2.12 bits per heavy atom. The number of amides is 1. The van der Waals surface area contributed by atoms with Crippen LogP contribution in [-0.4, -0.2) is 40.5 Å². The van der Waals surface area contributed by atoms with Crippen LogP contribution in [0.1, 0.15) is 34.5 Å². The predicted molar refractivity (Wildman–Crippen MR) is 93.0 cm³/mol. The molecule has 1 amide bonds. The van der Waals surface area contributed by atoms with Gasteiger partial charge in [-0.05, 0) is 37.8 Å². The third-order valence-electron chi connectivity index (χ3n) is 4.52. The van der Waals surface area contributed by atoms with Crippen molar-refractivity contribution in [1.82, 2.24) is 20.3 Å². The second-order valence-corrected chi connectivity index (χ2v) is 6.18. The van der Waals surface area contributed by atoms with E-state index in [0.29, 0.717) is 29.3 Å². The number of nitriles is 1. The maximum Gasteiger partial charge on any atom is 0.254 e. The molecule has 0 radical (unpaired) electrons. The molecule has 1 N–H and O–H groups in total. The zero-order chi connectivity index (χ0) is 17.6. The molecule has 1 aliphatic heterocycles. The third-order valence-corrected chi connectivity index (χ3v) is 4.52. The minimum Gasteiger partial charge on any atom is -0.357 e. The van der Waals surface area contributed by atoms with Gasteiger partial charge in [0.1, 0.15) is 18.2 Å². The number of carbonyl (C=O) groups is 1. The molecule has 2 aromatic rings. The predicted octanol–water partition coefficient (Wildman–Crippen LogP) is 1.70. The molecule has 1 saturated heterocycles. The molecule has 0 saturated carbocycles. The van der Waals surface area contributed by atoms with Gasteiger partial charge in [-0.25, -0.2) is 15.0 Å². The number of rotatable bonds is 4. The first-order valence-electron chi connectivity index (χ1n) is 8.33. The standard InChI is InChI=1S/C18H20N6O/c1-13-16(11-20-12-23-13)18(25)22-9-14-4-6-24(7-5-14)17-3-2-15(8-19)10-21-17/h2-3,10-12,14H,4-7,9H2,1H3,(H,22,25). The Hall–Kier alpha value is -3.01. The third kappa shape index (κ3) is 4.10. The minimum absolute atomic E-state index is 0.116. The molecule has 0 spiro atoms. The van der Waals surface area contributed by atoms with E-state index in [1.807, 2.05) is 6.07 Å². The van der Waals surface area contributed by atoms with Crippen molar-refractivity contribution < 1.29 is 4.79 Å².